The number of hydrogen-bond acceptors (Lipinski definition) is 2. The van der Waals surface area contributed by atoms with Gasteiger partial charge in [-0.3, -0.25) is 0 Å². The maximum atomic E-state index is 6.42. The van der Waals surface area contributed by atoms with Crippen molar-refractivity contribution in [3.05, 3.63) is 150 Å². The molecule has 2 radical (unpaired) electrons. The van der Waals surface area contributed by atoms with Crippen molar-refractivity contribution < 1.29 is 0 Å². The Hall–Kier alpha value is -5.28. The van der Waals surface area contributed by atoms with Crippen LogP contribution in [0.15, 0.2) is 134 Å². The number of nitrogens with zero attached hydrogens (tertiary/aromatic N) is 2. The number of hydrogen-bond donors (Lipinski definition) is 0. The fraction of sp³-hybridized carbons (Fsp3) is 0.0256. The molecule has 1 aliphatic rings. The number of benzene rings is 6. The molecule has 1 aliphatic carbocycles. The first-order valence-corrected chi connectivity index (χ1v) is 14.3. The van der Waals surface area contributed by atoms with Crippen LogP contribution < -0.4 is 5.46 Å². The molecule has 0 aliphatic heterocycles. The van der Waals surface area contributed by atoms with Crippen molar-refractivity contribution in [2.45, 2.75) is 6.42 Å². The molecule has 0 amide bonds. The molecule has 1 heterocycles. The van der Waals surface area contributed by atoms with Gasteiger partial charge in [-0.05, 0) is 55.8 Å². The average molecular weight is 532 g/mol. The lowest BCUT2D eigenvalue weighted by atomic mass is 9.83. The second kappa shape index (κ2) is 9.97. The first-order valence-electron chi connectivity index (χ1n) is 14.3. The quantitative estimate of drug-likeness (QED) is 0.168. The Morgan fingerprint density at radius 3 is 1.93 bits per heavy atom. The molecular weight excluding hydrogens is 507 g/mol. The molecule has 0 atom stereocenters. The average Bonchev–Trinajstić information content (AvgIpc) is 3.23. The zero-order chi connectivity index (χ0) is 28.0. The van der Waals surface area contributed by atoms with Gasteiger partial charge in [-0.15, -0.1) is 0 Å². The van der Waals surface area contributed by atoms with Gasteiger partial charge in [0, 0.05) is 22.9 Å². The molecule has 7 aromatic rings. The monoisotopic (exact) mass is 532 g/mol. The van der Waals surface area contributed by atoms with Gasteiger partial charge >= 0.3 is 0 Å². The van der Waals surface area contributed by atoms with Crippen LogP contribution in [-0.2, 0) is 6.42 Å². The van der Waals surface area contributed by atoms with E-state index in [0.29, 0.717) is 0 Å². The standard InChI is InChI=1S/C39H25BN2/c40-29-20-19-27-21-28(36-24-41-39(26-13-5-2-6-14-26)42-38(36)25-11-3-1-4-12-25)22-35-32-17-8-7-15-30(32)31-16-9-10-18-33(31)37(35)34(27)23-29/h1-21,23-24H,22H2. The van der Waals surface area contributed by atoms with Gasteiger partial charge in [-0.1, -0.05) is 139 Å². The van der Waals surface area contributed by atoms with Crippen molar-refractivity contribution in [1.82, 2.24) is 9.97 Å². The minimum atomic E-state index is 0.720. The highest BCUT2D eigenvalue weighted by Gasteiger charge is 2.24. The summed E-state index contributed by atoms with van der Waals surface area (Å²) in [7, 11) is 6.42. The molecular formula is C39H25BN2. The summed E-state index contributed by atoms with van der Waals surface area (Å²) in [5.74, 6) is 0.720. The summed E-state index contributed by atoms with van der Waals surface area (Å²) in [5.41, 5.74) is 10.8. The molecule has 194 valence electrons. The van der Waals surface area contributed by atoms with Gasteiger partial charge in [0.1, 0.15) is 7.85 Å². The first kappa shape index (κ1) is 24.5. The molecule has 0 unspecified atom stereocenters. The molecule has 6 aromatic carbocycles. The fourth-order valence-electron chi connectivity index (χ4n) is 6.38. The number of rotatable bonds is 3. The summed E-state index contributed by atoms with van der Waals surface area (Å²) >= 11 is 0. The van der Waals surface area contributed by atoms with Crippen LogP contribution >= 0.6 is 0 Å². The Bertz CT molecular complexity index is 2170. The minimum absolute atomic E-state index is 0.720. The third-order valence-corrected chi connectivity index (χ3v) is 8.30. The number of allylic oxidation sites excluding steroid dienone is 1. The topological polar surface area (TPSA) is 25.8 Å². The third kappa shape index (κ3) is 4.05. The summed E-state index contributed by atoms with van der Waals surface area (Å²) in [6.45, 7) is 0. The third-order valence-electron chi connectivity index (χ3n) is 8.30. The highest BCUT2D eigenvalue weighted by Crippen LogP contribution is 2.45. The van der Waals surface area contributed by atoms with Gasteiger partial charge in [0.15, 0.2) is 5.82 Å². The Balaban J connectivity index is 1.43. The van der Waals surface area contributed by atoms with E-state index in [1.54, 1.807) is 0 Å². The lowest BCUT2D eigenvalue weighted by molar-refractivity contribution is 1.16. The van der Waals surface area contributed by atoms with E-state index < -0.39 is 0 Å². The Kier molecular flexibility index (Phi) is 5.82. The molecule has 0 saturated carbocycles. The maximum absolute atomic E-state index is 6.42. The SMILES string of the molecule is [B]c1ccc2c(c1)-c1c(c3ccccc3c3ccccc13)CC(c1cnc(-c3ccccc3)nc1-c1ccccc1)=C2. The molecule has 0 saturated heterocycles. The van der Waals surface area contributed by atoms with Crippen LogP contribution in [0.2, 0.25) is 0 Å². The van der Waals surface area contributed by atoms with E-state index in [2.05, 4.69) is 103 Å². The molecule has 3 heteroatoms. The zero-order valence-electron chi connectivity index (χ0n) is 23.0. The summed E-state index contributed by atoms with van der Waals surface area (Å²) in [5, 5.41) is 5.02. The zero-order valence-corrected chi connectivity index (χ0v) is 23.0. The Labute approximate surface area is 246 Å². The molecule has 0 N–H and O–H groups in total. The smallest absolute Gasteiger partial charge is 0.159 e. The van der Waals surface area contributed by atoms with Crippen LogP contribution in [0.4, 0.5) is 0 Å². The summed E-state index contributed by atoms with van der Waals surface area (Å²) in [6.07, 6.45) is 5.06. The molecule has 0 bridgehead atoms. The van der Waals surface area contributed by atoms with Gasteiger partial charge in [0.25, 0.3) is 0 Å². The van der Waals surface area contributed by atoms with Crippen LogP contribution in [0.25, 0.3) is 67.0 Å². The molecule has 2 nitrogen and oxygen atoms in total. The summed E-state index contributed by atoms with van der Waals surface area (Å²) < 4.78 is 0. The molecule has 0 fully saturated rings. The second-order valence-electron chi connectivity index (χ2n) is 10.8. The fourth-order valence-corrected chi connectivity index (χ4v) is 6.38. The summed E-state index contributed by atoms with van der Waals surface area (Å²) in [6, 6.07) is 44.4. The molecule has 0 spiro atoms. The van der Waals surface area contributed by atoms with Crippen molar-refractivity contribution in [3.63, 3.8) is 0 Å². The van der Waals surface area contributed by atoms with Crippen LogP contribution in [0.5, 0.6) is 0 Å². The van der Waals surface area contributed by atoms with E-state index in [1.807, 2.05) is 36.5 Å². The van der Waals surface area contributed by atoms with Gasteiger partial charge < -0.3 is 0 Å². The van der Waals surface area contributed by atoms with E-state index in [4.69, 9.17) is 17.8 Å². The lowest BCUT2D eigenvalue weighted by Crippen LogP contribution is -2.03. The van der Waals surface area contributed by atoms with E-state index in [9.17, 15) is 0 Å². The van der Waals surface area contributed by atoms with Crippen LogP contribution in [-0.4, -0.2) is 17.8 Å². The lowest BCUT2D eigenvalue weighted by Gasteiger charge is -2.19. The number of aromatic nitrogens is 2. The van der Waals surface area contributed by atoms with Gasteiger partial charge in [0.2, 0.25) is 0 Å². The number of fused-ring (bicyclic) bond motifs is 8. The van der Waals surface area contributed by atoms with Gasteiger partial charge in [0.05, 0.1) is 5.69 Å². The first-order chi connectivity index (χ1) is 20.7. The largest absolute Gasteiger partial charge is 0.236 e. The highest BCUT2D eigenvalue weighted by atomic mass is 14.9. The van der Waals surface area contributed by atoms with Crippen molar-refractivity contribution in [1.29, 1.82) is 0 Å². The van der Waals surface area contributed by atoms with Crippen molar-refractivity contribution in [2.24, 2.45) is 0 Å². The van der Waals surface area contributed by atoms with Gasteiger partial charge in [-0.25, -0.2) is 9.97 Å². The van der Waals surface area contributed by atoms with E-state index in [1.165, 1.54) is 38.2 Å². The molecule has 1 aromatic heterocycles. The predicted octanol–water partition coefficient (Wildman–Crippen LogP) is 8.67. The predicted molar refractivity (Wildman–Crippen MR) is 177 cm³/mol. The Morgan fingerprint density at radius 1 is 0.571 bits per heavy atom. The van der Waals surface area contributed by atoms with Crippen molar-refractivity contribution >= 4 is 46.5 Å². The van der Waals surface area contributed by atoms with E-state index in [-0.39, 0.29) is 0 Å². The molecule has 8 rings (SSSR count). The van der Waals surface area contributed by atoms with E-state index >= 15 is 0 Å². The Morgan fingerprint density at radius 2 is 1.19 bits per heavy atom. The maximum Gasteiger partial charge on any atom is 0.159 e. The highest BCUT2D eigenvalue weighted by molar-refractivity contribution is 6.33. The second-order valence-corrected chi connectivity index (χ2v) is 10.8. The van der Waals surface area contributed by atoms with E-state index in [0.717, 1.165) is 51.2 Å². The minimum Gasteiger partial charge on any atom is -0.236 e. The molecule has 42 heavy (non-hydrogen) atoms. The van der Waals surface area contributed by atoms with Gasteiger partial charge in [-0.2, -0.15) is 0 Å². The summed E-state index contributed by atoms with van der Waals surface area (Å²) in [4.78, 5) is 10.1. The normalized spacial score (nSPS) is 12.4. The van der Waals surface area contributed by atoms with Crippen molar-refractivity contribution in [2.75, 3.05) is 0 Å². The van der Waals surface area contributed by atoms with Crippen LogP contribution in [0.3, 0.4) is 0 Å². The van der Waals surface area contributed by atoms with Crippen LogP contribution in [0.1, 0.15) is 16.7 Å². The van der Waals surface area contributed by atoms with Crippen molar-refractivity contribution in [3.8, 4) is 33.8 Å². The van der Waals surface area contributed by atoms with Crippen LogP contribution in [0, 0.1) is 0 Å².